The fraction of sp³-hybridized carbons (Fsp3) is 0.200. The zero-order chi connectivity index (χ0) is 19.0. The first kappa shape index (κ1) is 18.2. The van der Waals surface area contributed by atoms with Gasteiger partial charge < -0.3 is 4.90 Å². The lowest BCUT2D eigenvalue weighted by Gasteiger charge is -2.42. The van der Waals surface area contributed by atoms with Gasteiger partial charge in [0.2, 0.25) is 5.91 Å². The molecule has 2 heterocycles. The number of para-hydroxylation sites is 1. The highest BCUT2D eigenvalue weighted by Crippen LogP contribution is 2.46. The maximum absolute atomic E-state index is 12.9. The SMILES string of the molecule is N#CC1=C2SCN(c3ccccc3)CN2C(=O)C[C@H]1c1c(Cl)cccc1Cl. The molecule has 2 aliphatic rings. The van der Waals surface area contributed by atoms with Crippen LogP contribution in [-0.4, -0.2) is 23.4 Å². The number of rotatable bonds is 2. The van der Waals surface area contributed by atoms with Crippen LogP contribution >= 0.6 is 35.0 Å². The highest BCUT2D eigenvalue weighted by molar-refractivity contribution is 8.03. The number of benzene rings is 2. The second-order valence-corrected chi connectivity index (χ2v) is 8.08. The number of allylic oxidation sites excluding steroid dienone is 1. The topological polar surface area (TPSA) is 47.3 Å². The number of carbonyl (C=O) groups is 1. The summed E-state index contributed by atoms with van der Waals surface area (Å²) in [5.74, 6) is 0.223. The van der Waals surface area contributed by atoms with Crippen molar-refractivity contribution in [3.63, 3.8) is 0 Å². The van der Waals surface area contributed by atoms with Gasteiger partial charge >= 0.3 is 0 Å². The summed E-state index contributed by atoms with van der Waals surface area (Å²) in [5.41, 5.74) is 2.26. The average Bonchev–Trinajstić information content (AvgIpc) is 2.68. The Morgan fingerprint density at radius 2 is 1.78 bits per heavy atom. The molecule has 0 saturated carbocycles. The zero-order valence-corrected chi connectivity index (χ0v) is 16.6. The lowest BCUT2D eigenvalue weighted by molar-refractivity contribution is -0.129. The predicted octanol–water partition coefficient (Wildman–Crippen LogP) is 5.21. The minimum absolute atomic E-state index is 0.0295. The van der Waals surface area contributed by atoms with Crippen LogP contribution in [0, 0.1) is 11.3 Å². The van der Waals surface area contributed by atoms with E-state index in [4.69, 9.17) is 23.2 Å². The first-order valence-corrected chi connectivity index (χ1v) is 10.2. The highest BCUT2D eigenvalue weighted by atomic mass is 35.5. The molecule has 0 bridgehead atoms. The van der Waals surface area contributed by atoms with E-state index >= 15 is 0 Å². The maximum atomic E-state index is 12.9. The molecule has 0 aliphatic carbocycles. The minimum atomic E-state index is -0.411. The molecule has 1 amide bonds. The molecule has 1 atom stereocenters. The molecule has 4 rings (SSSR count). The number of nitriles is 1. The molecule has 27 heavy (non-hydrogen) atoms. The molecule has 136 valence electrons. The van der Waals surface area contributed by atoms with Crippen molar-refractivity contribution in [2.45, 2.75) is 12.3 Å². The largest absolute Gasteiger partial charge is 0.344 e. The molecule has 0 radical (unpaired) electrons. The van der Waals surface area contributed by atoms with Crippen LogP contribution in [0.4, 0.5) is 5.69 Å². The Labute approximate surface area is 172 Å². The first-order chi connectivity index (χ1) is 13.1. The first-order valence-electron chi connectivity index (χ1n) is 8.41. The van der Waals surface area contributed by atoms with Crippen molar-refractivity contribution in [3.05, 3.63) is 74.7 Å². The Morgan fingerprint density at radius 3 is 2.44 bits per heavy atom. The van der Waals surface area contributed by atoms with Gasteiger partial charge in [0.1, 0.15) is 0 Å². The number of halogens is 2. The quantitative estimate of drug-likeness (QED) is 0.674. The Morgan fingerprint density at radius 1 is 1.07 bits per heavy atom. The van der Waals surface area contributed by atoms with Crippen molar-refractivity contribution >= 4 is 46.6 Å². The zero-order valence-electron chi connectivity index (χ0n) is 14.2. The lowest BCUT2D eigenvalue weighted by Crippen LogP contribution is -2.47. The van der Waals surface area contributed by atoms with E-state index in [2.05, 4.69) is 11.0 Å². The van der Waals surface area contributed by atoms with Gasteiger partial charge in [0.15, 0.2) is 0 Å². The van der Waals surface area contributed by atoms with Crippen molar-refractivity contribution in [1.82, 2.24) is 4.90 Å². The summed E-state index contributed by atoms with van der Waals surface area (Å²) in [5, 5.41) is 11.5. The van der Waals surface area contributed by atoms with Crippen LogP contribution in [0.5, 0.6) is 0 Å². The third-order valence-corrected chi connectivity index (χ3v) is 6.58. The molecule has 0 aromatic heterocycles. The summed E-state index contributed by atoms with van der Waals surface area (Å²) in [6, 6.07) is 17.5. The molecule has 0 N–H and O–H groups in total. The highest BCUT2D eigenvalue weighted by Gasteiger charge is 2.39. The standard InChI is InChI=1S/C20H15Cl2N3OS/c21-16-7-4-8-17(22)19(16)14-9-18(26)25-11-24(13-5-2-1-3-6-13)12-27-20(25)15(14)10-23/h1-8,14H,9,11-12H2/t14-/m1/s1. The Bertz CT molecular complexity index is 951. The molecular formula is C20H15Cl2N3OS. The lowest BCUT2D eigenvalue weighted by atomic mass is 9.86. The van der Waals surface area contributed by atoms with Gasteiger partial charge in [-0.2, -0.15) is 5.26 Å². The van der Waals surface area contributed by atoms with Gasteiger partial charge in [-0.3, -0.25) is 9.69 Å². The number of anilines is 1. The molecule has 0 unspecified atom stereocenters. The van der Waals surface area contributed by atoms with Crippen molar-refractivity contribution < 1.29 is 4.79 Å². The molecule has 1 saturated heterocycles. The molecule has 1 fully saturated rings. The molecule has 0 spiro atoms. The van der Waals surface area contributed by atoms with E-state index in [9.17, 15) is 10.1 Å². The average molecular weight is 416 g/mol. The summed E-state index contributed by atoms with van der Waals surface area (Å²) < 4.78 is 0. The van der Waals surface area contributed by atoms with Gasteiger partial charge in [-0.15, -0.1) is 0 Å². The predicted molar refractivity (Wildman–Crippen MR) is 110 cm³/mol. The summed E-state index contributed by atoms with van der Waals surface area (Å²) in [4.78, 5) is 16.7. The third-order valence-electron chi connectivity index (χ3n) is 4.76. The second-order valence-electron chi connectivity index (χ2n) is 6.33. The van der Waals surface area contributed by atoms with Crippen LogP contribution in [-0.2, 0) is 4.79 Å². The smallest absolute Gasteiger partial charge is 0.229 e. The number of fused-ring (bicyclic) bond motifs is 1. The van der Waals surface area contributed by atoms with E-state index in [0.717, 1.165) is 5.69 Å². The van der Waals surface area contributed by atoms with Crippen LogP contribution in [0.25, 0.3) is 0 Å². The van der Waals surface area contributed by atoms with Crippen LogP contribution < -0.4 is 4.90 Å². The molecule has 7 heteroatoms. The van der Waals surface area contributed by atoms with E-state index in [-0.39, 0.29) is 12.3 Å². The molecular weight excluding hydrogens is 401 g/mol. The second kappa shape index (κ2) is 7.47. The molecule has 2 aliphatic heterocycles. The van der Waals surface area contributed by atoms with Gasteiger partial charge in [0, 0.05) is 28.1 Å². The van der Waals surface area contributed by atoms with Gasteiger partial charge in [0.05, 0.1) is 29.2 Å². The van der Waals surface area contributed by atoms with Gasteiger partial charge in [0.25, 0.3) is 0 Å². The molecule has 4 nitrogen and oxygen atoms in total. The number of hydrogen-bond acceptors (Lipinski definition) is 4. The summed E-state index contributed by atoms with van der Waals surface area (Å²) in [6.45, 7) is 0.430. The summed E-state index contributed by atoms with van der Waals surface area (Å²) in [6.07, 6.45) is 0.180. The van der Waals surface area contributed by atoms with E-state index < -0.39 is 5.92 Å². The van der Waals surface area contributed by atoms with Crippen molar-refractivity contribution in [3.8, 4) is 6.07 Å². The Kier molecular flexibility index (Phi) is 5.05. The number of amides is 1. The fourth-order valence-electron chi connectivity index (χ4n) is 3.45. The van der Waals surface area contributed by atoms with Crippen molar-refractivity contribution in [2.24, 2.45) is 0 Å². The molecule has 2 aromatic carbocycles. The van der Waals surface area contributed by atoms with Crippen molar-refractivity contribution in [1.29, 1.82) is 5.26 Å². The number of nitrogens with zero attached hydrogens (tertiary/aromatic N) is 3. The van der Waals surface area contributed by atoms with E-state index in [0.29, 0.717) is 38.8 Å². The summed E-state index contributed by atoms with van der Waals surface area (Å²) >= 11 is 14.2. The maximum Gasteiger partial charge on any atom is 0.229 e. The van der Waals surface area contributed by atoms with E-state index in [1.165, 1.54) is 11.8 Å². The number of carbonyl (C=O) groups excluding carboxylic acids is 1. The van der Waals surface area contributed by atoms with Crippen LogP contribution in [0.1, 0.15) is 17.9 Å². The normalized spacial score (nSPS) is 19.7. The van der Waals surface area contributed by atoms with Crippen LogP contribution in [0.15, 0.2) is 59.1 Å². The number of thioether (sulfide) groups is 1. The van der Waals surface area contributed by atoms with Crippen LogP contribution in [0.2, 0.25) is 10.0 Å². The minimum Gasteiger partial charge on any atom is -0.344 e. The fourth-order valence-corrected chi connectivity index (χ4v) is 5.28. The van der Waals surface area contributed by atoms with Crippen LogP contribution in [0.3, 0.4) is 0 Å². The molecule has 2 aromatic rings. The summed E-state index contributed by atoms with van der Waals surface area (Å²) in [7, 11) is 0. The van der Waals surface area contributed by atoms with Crippen molar-refractivity contribution in [2.75, 3.05) is 17.4 Å². The number of hydrogen-bond donors (Lipinski definition) is 0. The monoisotopic (exact) mass is 415 g/mol. The van der Waals surface area contributed by atoms with Gasteiger partial charge in [-0.05, 0) is 29.8 Å². The van der Waals surface area contributed by atoms with Gasteiger partial charge in [-0.25, -0.2) is 0 Å². The van der Waals surface area contributed by atoms with E-state index in [1.807, 2.05) is 30.3 Å². The third kappa shape index (κ3) is 3.29. The van der Waals surface area contributed by atoms with Gasteiger partial charge in [-0.1, -0.05) is 59.2 Å². The Balaban J connectivity index is 1.72. The Hall–Kier alpha value is -2.13. The van der Waals surface area contributed by atoms with E-state index in [1.54, 1.807) is 23.1 Å².